The molecule has 90 valence electrons. The lowest BCUT2D eigenvalue weighted by Gasteiger charge is -2.01. The van der Waals surface area contributed by atoms with Crippen LogP contribution in [0.15, 0.2) is 48.7 Å². The summed E-state index contributed by atoms with van der Waals surface area (Å²) in [6.07, 6.45) is 2.03. The van der Waals surface area contributed by atoms with Gasteiger partial charge in [0.2, 0.25) is 0 Å². The largest absolute Gasteiger partial charge is 0.272 e. The van der Waals surface area contributed by atoms with Gasteiger partial charge >= 0.3 is 0 Å². The molecule has 3 rings (SSSR count). The maximum Gasteiger partial charge on any atom is 0.123 e. The van der Waals surface area contributed by atoms with Gasteiger partial charge in [0.25, 0.3) is 0 Å². The van der Waals surface area contributed by atoms with E-state index >= 15 is 0 Å². The highest BCUT2D eigenvalue weighted by molar-refractivity contribution is 5.83. The molecule has 18 heavy (non-hydrogen) atoms. The van der Waals surface area contributed by atoms with Crippen molar-refractivity contribution in [3.05, 3.63) is 54.5 Å². The molecule has 0 aliphatic carbocycles. The minimum Gasteiger partial charge on any atom is -0.272 e. The number of fused-ring (bicyclic) bond motifs is 1. The zero-order chi connectivity index (χ0) is 12.5. The monoisotopic (exact) mass is 240 g/mol. The highest BCUT2D eigenvalue weighted by Gasteiger charge is 2.03. The molecule has 0 saturated carbocycles. The predicted molar refractivity (Wildman–Crippen MR) is 70.8 cm³/mol. The Hall–Kier alpha value is -2.16. The van der Waals surface area contributed by atoms with Gasteiger partial charge in [-0.3, -0.25) is 4.68 Å². The minimum atomic E-state index is -0.213. The van der Waals surface area contributed by atoms with Crippen molar-refractivity contribution in [3.8, 4) is 11.1 Å². The molecule has 0 saturated heterocycles. The summed E-state index contributed by atoms with van der Waals surface area (Å²) in [6.45, 7) is 2.92. The molecule has 2 aromatic carbocycles. The number of nitrogens with zero attached hydrogens (tertiary/aromatic N) is 2. The van der Waals surface area contributed by atoms with E-state index < -0.39 is 0 Å². The van der Waals surface area contributed by atoms with Gasteiger partial charge in [-0.2, -0.15) is 5.10 Å². The lowest BCUT2D eigenvalue weighted by atomic mass is 10.0. The molecule has 0 radical (unpaired) electrons. The van der Waals surface area contributed by atoms with E-state index in [0.29, 0.717) is 0 Å². The van der Waals surface area contributed by atoms with Gasteiger partial charge in [-0.15, -0.1) is 0 Å². The van der Waals surface area contributed by atoms with Crippen LogP contribution in [-0.4, -0.2) is 9.78 Å². The summed E-state index contributed by atoms with van der Waals surface area (Å²) >= 11 is 0. The van der Waals surface area contributed by atoms with Crippen LogP contribution < -0.4 is 0 Å². The Balaban J connectivity index is 2.09. The third-order valence-corrected chi connectivity index (χ3v) is 3.06. The van der Waals surface area contributed by atoms with Crippen molar-refractivity contribution in [2.45, 2.75) is 13.5 Å². The summed E-state index contributed by atoms with van der Waals surface area (Å²) in [5, 5.41) is 5.61. The summed E-state index contributed by atoms with van der Waals surface area (Å²) < 4.78 is 14.8. The maximum atomic E-state index is 12.9. The average Bonchev–Trinajstić information content (AvgIpc) is 2.81. The van der Waals surface area contributed by atoms with Crippen LogP contribution in [0.4, 0.5) is 4.39 Å². The third kappa shape index (κ3) is 1.88. The van der Waals surface area contributed by atoms with E-state index in [1.807, 2.05) is 29.1 Å². The molecular formula is C15H13FN2. The molecular weight excluding hydrogens is 227 g/mol. The van der Waals surface area contributed by atoms with Crippen molar-refractivity contribution in [1.29, 1.82) is 0 Å². The highest BCUT2D eigenvalue weighted by Crippen LogP contribution is 2.23. The van der Waals surface area contributed by atoms with Crippen molar-refractivity contribution >= 4 is 10.9 Å². The van der Waals surface area contributed by atoms with Crippen LogP contribution in [0.2, 0.25) is 0 Å². The first-order valence-electron chi connectivity index (χ1n) is 5.99. The van der Waals surface area contributed by atoms with Gasteiger partial charge in [0, 0.05) is 18.1 Å². The number of rotatable bonds is 2. The average molecular weight is 240 g/mol. The van der Waals surface area contributed by atoms with E-state index in [1.54, 1.807) is 12.1 Å². The molecule has 0 aliphatic rings. The topological polar surface area (TPSA) is 17.8 Å². The summed E-state index contributed by atoms with van der Waals surface area (Å²) in [6, 6.07) is 12.6. The molecule has 0 spiro atoms. The van der Waals surface area contributed by atoms with E-state index in [4.69, 9.17) is 0 Å². The second-order valence-electron chi connectivity index (χ2n) is 4.27. The normalized spacial score (nSPS) is 11.0. The van der Waals surface area contributed by atoms with Gasteiger partial charge in [0.15, 0.2) is 0 Å². The van der Waals surface area contributed by atoms with Crippen molar-refractivity contribution in [1.82, 2.24) is 9.78 Å². The second-order valence-corrected chi connectivity index (χ2v) is 4.27. The van der Waals surface area contributed by atoms with E-state index in [1.165, 1.54) is 12.1 Å². The molecule has 0 N–H and O–H groups in total. The van der Waals surface area contributed by atoms with Crippen LogP contribution in [-0.2, 0) is 6.54 Å². The van der Waals surface area contributed by atoms with Crippen LogP contribution in [0.25, 0.3) is 22.0 Å². The quantitative estimate of drug-likeness (QED) is 0.665. The fraction of sp³-hybridized carbons (Fsp3) is 0.133. The molecule has 0 bridgehead atoms. The number of hydrogen-bond acceptors (Lipinski definition) is 1. The molecule has 0 amide bonds. The smallest absolute Gasteiger partial charge is 0.123 e. The van der Waals surface area contributed by atoms with Crippen LogP contribution >= 0.6 is 0 Å². The van der Waals surface area contributed by atoms with Crippen molar-refractivity contribution in [2.24, 2.45) is 0 Å². The standard InChI is InChI=1S/C15H13FN2/c1-2-18-10-13-4-3-12(9-15(13)17-18)11-5-7-14(16)8-6-11/h3-10H,2H2,1H3. The Morgan fingerprint density at radius 1 is 1.06 bits per heavy atom. The summed E-state index contributed by atoms with van der Waals surface area (Å²) in [7, 11) is 0. The zero-order valence-electron chi connectivity index (χ0n) is 10.1. The van der Waals surface area contributed by atoms with E-state index in [0.717, 1.165) is 28.6 Å². The van der Waals surface area contributed by atoms with Gasteiger partial charge in [-0.1, -0.05) is 24.3 Å². The van der Waals surface area contributed by atoms with Crippen LogP contribution in [0.3, 0.4) is 0 Å². The molecule has 2 nitrogen and oxygen atoms in total. The van der Waals surface area contributed by atoms with Crippen molar-refractivity contribution in [2.75, 3.05) is 0 Å². The molecule has 0 unspecified atom stereocenters. The molecule has 1 heterocycles. The van der Waals surface area contributed by atoms with Gasteiger partial charge < -0.3 is 0 Å². The first kappa shape index (κ1) is 11.0. The fourth-order valence-corrected chi connectivity index (χ4v) is 2.05. The van der Waals surface area contributed by atoms with E-state index in [-0.39, 0.29) is 5.82 Å². The lowest BCUT2D eigenvalue weighted by molar-refractivity contribution is 0.628. The number of aromatic nitrogens is 2. The molecule has 3 aromatic rings. The van der Waals surface area contributed by atoms with E-state index in [9.17, 15) is 4.39 Å². The summed E-state index contributed by atoms with van der Waals surface area (Å²) in [4.78, 5) is 0. The number of halogens is 1. The fourth-order valence-electron chi connectivity index (χ4n) is 2.05. The maximum absolute atomic E-state index is 12.9. The summed E-state index contributed by atoms with van der Waals surface area (Å²) in [5.41, 5.74) is 3.03. The van der Waals surface area contributed by atoms with Gasteiger partial charge in [-0.05, 0) is 36.2 Å². The first-order chi connectivity index (χ1) is 8.76. The number of benzene rings is 2. The molecule has 0 fully saturated rings. The molecule has 3 heteroatoms. The summed E-state index contributed by atoms with van der Waals surface area (Å²) in [5.74, 6) is -0.213. The SMILES string of the molecule is CCn1cc2ccc(-c3ccc(F)cc3)cc2n1. The van der Waals surface area contributed by atoms with Crippen LogP contribution in [0, 0.1) is 5.82 Å². The second kappa shape index (κ2) is 4.26. The molecule has 1 aromatic heterocycles. The molecule has 0 aliphatic heterocycles. The Kier molecular flexibility index (Phi) is 2.59. The number of hydrogen-bond donors (Lipinski definition) is 0. The van der Waals surface area contributed by atoms with Gasteiger partial charge in [-0.25, -0.2) is 4.39 Å². The van der Waals surface area contributed by atoms with Crippen molar-refractivity contribution in [3.63, 3.8) is 0 Å². The lowest BCUT2D eigenvalue weighted by Crippen LogP contribution is -1.92. The molecule has 0 atom stereocenters. The van der Waals surface area contributed by atoms with Gasteiger partial charge in [0.1, 0.15) is 5.82 Å². The minimum absolute atomic E-state index is 0.213. The zero-order valence-corrected chi connectivity index (χ0v) is 10.1. The van der Waals surface area contributed by atoms with Crippen LogP contribution in [0.1, 0.15) is 6.92 Å². The van der Waals surface area contributed by atoms with Crippen molar-refractivity contribution < 1.29 is 4.39 Å². The predicted octanol–water partition coefficient (Wildman–Crippen LogP) is 3.86. The van der Waals surface area contributed by atoms with E-state index in [2.05, 4.69) is 12.0 Å². The Bertz CT molecular complexity index is 683. The van der Waals surface area contributed by atoms with Crippen LogP contribution in [0.5, 0.6) is 0 Å². The Labute approximate surface area is 105 Å². The van der Waals surface area contributed by atoms with Gasteiger partial charge in [0.05, 0.1) is 5.52 Å². The third-order valence-electron chi connectivity index (χ3n) is 3.06. The Morgan fingerprint density at radius 2 is 1.78 bits per heavy atom. The highest BCUT2D eigenvalue weighted by atomic mass is 19.1. The first-order valence-corrected chi connectivity index (χ1v) is 5.99. The Morgan fingerprint density at radius 3 is 2.50 bits per heavy atom. The number of aryl methyl sites for hydroxylation is 1.